The first-order chi connectivity index (χ1) is 60.5. The van der Waals surface area contributed by atoms with E-state index in [9.17, 15) is 49.9 Å². The van der Waals surface area contributed by atoms with E-state index in [0.29, 0.717) is 107 Å². The molecule has 5 amide bonds. The van der Waals surface area contributed by atoms with Crippen LogP contribution in [0.15, 0.2) is 213 Å². The van der Waals surface area contributed by atoms with Gasteiger partial charge in [0.05, 0.1) is 32.6 Å². The van der Waals surface area contributed by atoms with Crippen LogP contribution >= 0.6 is 11.3 Å². The molecule has 8 aromatic rings. The number of para-hydroxylation sites is 1. The van der Waals surface area contributed by atoms with E-state index in [4.69, 9.17) is 9.97 Å². The number of piperazine rings is 1. The second-order valence-corrected chi connectivity index (χ2v) is 38.1. The van der Waals surface area contributed by atoms with Crippen LogP contribution in [0.1, 0.15) is 161 Å². The summed E-state index contributed by atoms with van der Waals surface area (Å²) in [7, 11) is -5.19. The number of nitrogens with zero attached hydrogens (tertiary/aromatic N) is 11. The minimum atomic E-state index is -4.67. The van der Waals surface area contributed by atoms with Crippen LogP contribution in [0.4, 0.5) is 33.6 Å². The van der Waals surface area contributed by atoms with Gasteiger partial charge in [-0.2, -0.15) is 14.8 Å². The summed E-state index contributed by atoms with van der Waals surface area (Å²) in [5.41, 5.74) is 12.7. The summed E-state index contributed by atoms with van der Waals surface area (Å²) in [6, 6.07) is 41.2. The molecule has 27 nitrogen and oxygen atoms in total. The molecular formula is C96H118N16O11S3. The van der Waals surface area contributed by atoms with Gasteiger partial charge in [-0.1, -0.05) is 94.2 Å². The molecule has 2 aromatic heterocycles. The average Bonchev–Trinajstić information content (AvgIpc) is 1.62. The van der Waals surface area contributed by atoms with Gasteiger partial charge in [-0.25, -0.2) is 26.8 Å². The normalized spacial score (nSPS) is 17.5. The smallest absolute Gasteiger partial charge is 0.252 e. The van der Waals surface area contributed by atoms with Crippen LogP contribution < -0.4 is 45.9 Å². The molecule has 30 heteroatoms. The number of amides is 5. The van der Waals surface area contributed by atoms with E-state index in [1.807, 2.05) is 150 Å². The molecule has 6 aromatic carbocycles. The monoisotopic (exact) mass is 1770 g/mol. The second kappa shape index (κ2) is 41.1. The number of rotatable bonds is 38. The number of fused-ring (bicyclic) bond motifs is 3. The van der Waals surface area contributed by atoms with E-state index >= 15 is 0 Å². The number of carbonyl (C=O) groups excluding carboxylic acids is 5. The van der Waals surface area contributed by atoms with Gasteiger partial charge in [0.1, 0.15) is 49.4 Å². The van der Waals surface area contributed by atoms with Crippen molar-refractivity contribution in [2.45, 2.75) is 172 Å². The minimum Gasteiger partial charge on any atom is -0.747 e. The average molecular weight is 1770 g/mol. The molecule has 1 saturated heterocycles. The van der Waals surface area contributed by atoms with Crippen molar-refractivity contribution >= 4 is 122 Å². The van der Waals surface area contributed by atoms with Gasteiger partial charge in [-0.05, 0) is 190 Å². The largest absolute Gasteiger partial charge is 0.747 e. The number of thiazole rings is 1. The summed E-state index contributed by atoms with van der Waals surface area (Å²) in [4.78, 5) is 91.3. The molecule has 1 saturated carbocycles. The number of benzene rings is 6. The fourth-order valence-electron chi connectivity index (χ4n) is 17.8. The first-order valence-corrected chi connectivity index (χ1v) is 47.9. The van der Waals surface area contributed by atoms with Crippen molar-refractivity contribution < 1.29 is 59.1 Å². The quantitative estimate of drug-likeness (QED) is 0.00599. The summed E-state index contributed by atoms with van der Waals surface area (Å²) in [6.45, 7) is 22.1. The van der Waals surface area contributed by atoms with Gasteiger partial charge in [-0.3, -0.25) is 24.0 Å². The van der Waals surface area contributed by atoms with Gasteiger partial charge < -0.3 is 60.2 Å². The van der Waals surface area contributed by atoms with Gasteiger partial charge in [0, 0.05) is 179 Å². The number of aromatic nitrogens is 3. The molecule has 126 heavy (non-hydrogen) atoms. The maximum Gasteiger partial charge on any atom is 0.252 e. The lowest BCUT2D eigenvalue weighted by Gasteiger charge is -2.37. The Morgan fingerprint density at radius 2 is 1.37 bits per heavy atom. The Morgan fingerprint density at radius 3 is 2.07 bits per heavy atom. The molecule has 2 atom stereocenters. The number of hydrogen-bond donors (Lipinski definition) is 5. The number of unbranched alkanes of at least 4 members (excludes halogenated alkanes) is 3. The fraction of sp³-hybridized carbons (Fsp3) is 0.427. The molecule has 3 aliphatic heterocycles. The molecule has 5 aliphatic rings. The van der Waals surface area contributed by atoms with Crippen LogP contribution in [0.2, 0.25) is 0 Å². The Morgan fingerprint density at radius 1 is 0.690 bits per heavy atom. The van der Waals surface area contributed by atoms with E-state index in [-0.39, 0.29) is 55.5 Å². The van der Waals surface area contributed by atoms with Crippen molar-refractivity contribution in [2.75, 3.05) is 107 Å². The van der Waals surface area contributed by atoms with E-state index in [2.05, 4.69) is 122 Å². The Kier molecular flexibility index (Phi) is 30.2. The Bertz CT molecular complexity index is 5770. The van der Waals surface area contributed by atoms with Crippen LogP contribution in [0.25, 0.3) is 39.0 Å². The van der Waals surface area contributed by atoms with E-state index in [1.54, 1.807) is 35.6 Å². The number of carbonyl (C=O) groups is 5. The van der Waals surface area contributed by atoms with Crippen LogP contribution in [0.5, 0.6) is 0 Å². The Hall–Kier alpha value is -11.2. The molecule has 0 spiro atoms. The van der Waals surface area contributed by atoms with Crippen molar-refractivity contribution in [3.63, 3.8) is 0 Å². The van der Waals surface area contributed by atoms with Gasteiger partial charge in [0.25, 0.3) is 5.91 Å². The molecule has 5 N–H and O–H groups in total. The third-order valence-corrected chi connectivity index (χ3v) is 27.9. The molecule has 1 unspecified atom stereocenters. The zero-order valence-electron chi connectivity index (χ0n) is 73.7. The number of likely N-dealkylation sites (N-methyl/N-ethyl adjacent to an activating group) is 1. The maximum atomic E-state index is 14.9. The van der Waals surface area contributed by atoms with Crippen molar-refractivity contribution in [1.29, 1.82) is 0 Å². The topological polar surface area (TPSA) is 333 Å². The highest BCUT2D eigenvalue weighted by atomic mass is 32.2. The van der Waals surface area contributed by atoms with Crippen molar-refractivity contribution in [3.05, 3.63) is 209 Å². The molecule has 13 rings (SSSR count). The lowest BCUT2D eigenvalue weighted by atomic mass is 9.79. The Labute approximate surface area is 744 Å². The molecule has 0 bridgehead atoms. The number of hydrogen-bond acceptors (Lipinski definition) is 21. The summed E-state index contributed by atoms with van der Waals surface area (Å²) in [6.07, 6.45) is 20.1. The third kappa shape index (κ3) is 22.1. The fourth-order valence-corrected chi connectivity index (χ4v) is 19.8. The second-order valence-electron chi connectivity index (χ2n) is 34.3. The first kappa shape index (κ1) is 92.5. The highest BCUT2D eigenvalue weighted by molar-refractivity contribution is 7.86. The number of allylic oxidation sites excluding steroid dienone is 7. The van der Waals surface area contributed by atoms with Crippen LogP contribution in [0, 0.1) is 5.41 Å². The lowest BCUT2D eigenvalue weighted by Crippen LogP contribution is -2.62. The minimum absolute atomic E-state index is 0.0549. The van der Waals surface area contributed by atoms with Crippen molar-refractivity contribution in [2.24, 2.45) is 15.6 Å². The SMILES string of the molecule is CCN(CC)c1ccc2nc3ccc(N=Nc4ccc(N(C)CCCC(=O)NCCCC[C@H](NC(=O)C5(NC(=O)c6ccc(-c7csc(N8CCN(C)CC8)n7)cc6)CCCCC5)C(=O)NCCNC(=O)CCCCCN5C6=C(CC(S(=O)(=O)[O-])C=C6)C(C)(C)/C5=C/C=C/C=C/C5=[N+](CC)c6ccc(S(=O)(=O)[O-])cc6C5(C)C)cc4)cc3[n+](-c3ccccc3)c2c1. The third-order valence-electron chi connectivity index (χ3n) is 25.1. The van der Waals surface area contributed by atoms with Crippen LogP contribution in [-0.4, -0.2) is 195 Å². The zero-order valence-corrected chi connectivity index (χ0v) is 76.2. The molecule has 5 heterocycles. The first-order valence-electron chi connectivity index (χ1n) is 44.2. The predicted molar refractivity (Wildman–Crippen MR) is 495 cm³/mol. The van der Waals surface area contributed by atoms with E-state index in [0.717, 1.165) is 135 Å². The standard InChI is InChI=1S/C96H118N16O11S3/c1-10-108(11-2)73-44-48-79-85(63-73)112(72-28-17-13-18-29-72)84-62-70(41-47-78(84)100-79)105-104-69-39-42-71(43-40-69)107(9)56-27-34-89(114)97-53-25-22-30-80(101-92(117)96(51-23-16-24-52-96)103-90(115)68-37-35-67(36-38-68)81-66-124-93(102-81)109-60-58-106(8)59-61-109)91(116)99-55-54-98-88(113)33-21-15-26-57-111-83-50-46-75(126(121,122)123)65-77(83)95(6,7)87(111)32-20-14-19-31-86-94(4,5)76-64-74(125(118,119)120)45-49-82(76)110(86)12-3/h13-14,17-20,28-29,31-32,35-50,62-64,66,75,80H,10-12,15-16,21-27,30,33-34,51-61,65H2,1-9H3,(H5-2,97,98,99,101,103,113,114,115,116,117,118,119,120,121,122,123)/t75?,80-/m0/s1. The highest BCUT2D eigenvalue weighted by Crippen LogP contribution is 2.51. The van der Waals surface area contributed by atoms with Gasteiger partial charge in [0.2, 0.25) is 46.0 Å². The number of anilines is 3. The van der Waals surface area contributed by atoms with Crippen LogP contribution in [0.3, 0.4) is 0 Å². The maximum absolute atomic E-state index is 14.9. The van der Waals surface area contributed by atoms with Crippen molar-refractivity contribution in [3.8, 4) is 16.9 Å². The molecular weight excluding hydrogens is 1650 g/mol. The Balaban J connectivity index is 0.599. The molecule has 2 aliphatic carbocycles. The van der Waals surface area contributed by atoms with Gasteiger partial charge >= 0.3 is 0 Å². The molecule has 0 radical (unpaired) electrons. The molecule has 2 fully saturated rings. The summed E-state index contributed by atoms with van der Waals surface area (Å²) >= 11 is 1.60. The lowest BCUT2D eigenvalue weighted by molar-refractivity contribution is -0.538. The summed E-state index contributed by atoms with van der Waals surface area (Å²) in [5, 5.41) is 26.2. The predicted octanol–water partition coefficient (Wildman–Crippen LogP) is 14.2. The van der Waals surface area contributed by atoms with Crippen molar-refractivity contribution in [1.82, 2.24) is 46.4 Å². The zero-order chi connectivity index (χ0) is 89.5. The number of azo groups is 1. The van der Waals surface area contributed by atoms with Gasteiger partial charge in [0.15, 0.2) is 10.8 Å². The summed E-state index contributed by atoms with van der Waals surface area (Å²) < 4.78 is 77.5. The van der Waals surface area contributed by atoms with E-state index < -0.39 is 65.6 Å². The highest BCUT2D eigenvalue weighted by Gasteiger charge is 2.47. The summed E-state index contributed by atoms with van der Waals surface area (Å²) in [5.74, 6) is -1.62. The molecule has 666 valence electrons. The van der Waals surface area contributed by atoms with Gasteiger partial charge in [-0.15, -0.1) is 15.9 Å². The van der Waals surface area contributed by atoms with Crippen LogP contribution in [-0.2, 0) is 44.8 Å². The number of nitrogens with one attached hydrogen (secondary N) is 5. The van der Waals surface area contributed by atoms with E-state index in [1.165, 1.54) is 18.2 Å².